The highest BCUT2D eigenvalue weighted by atomic mass is 79.9. The molecule has 1 aromatic rings. The molecule has 17 heavy (non-hydrogen) atoms. The number of carbonyl (C=O) groups excluding carboxylic acids is 1. The quantitative estimate of drug-likeness (QED) is 0.786. The average Bonchev–Trinajstić information content (AvgIpc) is 2.53. The molecule has 90 valence electrons. The number of halogens is 2. The van der Waals surface area contributed by atoms with Crippen LogP contribution in [0.25, 0.3) is 0 Å². The molecule has 2 aliphatic rings. The van der Waals surface area contributed by atoms with E-state index in [9.17, 15) is 4.79 Å². The number of piperidine rings is 1. The molecular formula is C13H13BrClNO. The van der Waals surface area contributed by atoms with Gasteiger partial charge in [-0.1, -0.05) is 27.5 Å². The number of hydrogen-bond donors (Lipinski definition) is 0. The van der Waals surface area contributed by atoms with Gasteiger partial charge in [0.2, 0.25) is 0 Å². The lowest BCUT2D eigenvalue weighted by atomic mass is 10.0. The molecule has 0 aromatic heterocycles. The first kappa shape index (κ1) is 11.5. The first-order valence-corrected chi connectivity index (χ1v) is 7.07. The third-order valence-corrected chi connectivity index (χ3v) is 4.53. The van der Waals surface area contributed by atoms with E-state index < -0.39 is 0 Å². The summed E-state index contributed by atoms with van der Waals surface area (Å²) in [5.74, 6) is 0.405. The Bertz CT molecular complexity index is 460. The number of carbonyl (C=O) groups is 1. The number of fused-ring (bicyclic) bond motifs is 2. The van der Waals surface area contributed by atoms with Crippen molar-refractivity contribution < 1.29 is 4.79 Å². The lowest BCUT2D eigenvalue weighted by molar-refractivity contribution is -0.120. The molecule has 0 aliphatic carbocycles. The summed E-state index contributed by atoms with van der Waals surface area (Å²) >= 11 is 9.72. The van der Waals surface area contributed by atoms with E-state index in [1.54, 1.807) is 0 Å². The van der Waals surface area contributed by atoms with Gasteiger partial charge >= 0.3 is 0 Å². The number of Topliss-reactive ketones (excluding diaryl/α,β-unsaturated/α-hetero) is 1. The Labute approximate surface area is 114 Å². The third-order valence-electron chi connectivity index (χ3n) is 3.73. The van der Waals surface area contributed by atoms with E-state index in [2.05, 4.69) is 20.8 Å². The topological polar surface area (TPSA) is 20.3 Å². The van der Waals surface area contributed by atoms with Crippen LogP contribution in [0.4, 0.5) is 5.69 Å². The minimum atomic E-state index is 0.361. The van der Waals surface area contributed by atoms with Gasteiger partial charge in [-0.2, -0.15) is 0 Å². The fourth-order valence-electron chi connectivity index (χ4n) is 3.05. The van der Waals surface area contributed by atoms with Crippen molar-refractivity contribution in [2.24, 2.45) is 0 Å². The van der Waals surface area contributed by atoms with Gasteiger partial charge in [-0.3, -0.25) is 4.79 Å². The zero-order valence-corrected chi connectivity index (χ0v) is 11.7. The fourth-order valence-corrected chi connectivity index (χ4v) is 3.83. The first-order chi connectivity index (χ1) is 8.15. The number of rotatable bonds is 1. The number of anilines is 1. The van der Waals surface area contributed by atoms with Gasteiger partial charge in [0.15, 0.2) is 0 Å². The molecule has 2 bridgehead atoms. The zero-order chi connectivity index (χ0) is 12.0. The van der Waals surface area contributed by atoms with Crippen LogP contribution in [0.2, 0.25) is 5.02 Å². The Hall–Kier alpha value is -0.540. The SMILES string of the molecule is O=C1CC2CCC(C1)N2c1ccc(Br)cc1Cl. The van der Waals surface area contributed by atoms with E-state index in [1.165, 1.54) is 0 Å². The summed E-state index contributed by atoms with van der Waals surface area (Å²) in [6.45, 7) is 0. The van der Waals surface area contributed by atoms with E-state index >= 15 is 0 Å². The van der Waals surface area contributed by atoms with Crippen LogP contribution in [0.5, 0.6) is 0 Å². The van der Waals surface area contributed by atoms with Crippen LogP contribution in [-0.2, 0) is 4.79 Å². The number of hydrogen-bond acceptors (Lipinski definition) is 2. The van der Waals surface area contributed by atoms with Gasteiger partial charge in [0.05, 0.1) is 10.7 Å². The minimum Gasteiger partial charge on any atom is -0.363 e. The number of benzene rings is 1. The molecule has 2 nitrogen and oxygen atoms in total. The second kappa shape index (κ2) is 4.29. The number of nitrogens with zero attached hydrogens (tertiary/aromatic N) is 1. The molecule has 2 aliphatic heterocycles. The van der Waals surface area contributed by atoms with Gasteiger partial charge in [0.1, 0.15) is 5.78 Å². The summed E-state index contributed by atoms with van der Waals surface area (Å²) in [4.78, 5) is 13.9. The Balaban J connectivity index is 1.97. The predicted molar refractivity (Wildman–Crippen MR) is 72.7 cm³/mol. The molecule has 0 saturated carbocycles. The average molecular weight is 315 g/mol. The second-order valence-corrected chi connectivity index (χ2v) is 6.16. The molecule has 2 unspecified atom stereocenters. The molecule has 4 heteroatoms. The molecule has 0 amide bonds. The van der Waals surface area contributed by atoms with E-state index in [0.29, 0.717) is 30.7 Å². The van der Waals surface area contributed by atoms with Crippen LogP contribution in [-0.4, -0.2) is 17.9 Å². The Kier molecular flexibility index (Phi) is 2.91. The Morgan fingerprint density at radius 1 is 1.24 bits per heavy atom. The van der Waals surface area contributed by atoms with Crippen LogP contribution in [0.1, 0.15) is 25.7 Å². The summed E-state index contributed by atoms with van der Waals surface area (Å²) in [6, 6.07) is 6.71. The Morgan fingerprint density at radius 3 is 2.47 bits per heavy atom. The van der Waals surface area contributed by atoms with Crippen LogP contribution in [0.15, 0.2) is 22.7 Å². The summed E-state index contributed by atoms with van der Waals surface area (Å²) in [6.07, 6.45) is 3.59. The van der Waals surface area contributed by atoms with Crippen molar-refractivity contribution in [1.29, 1.82) is 0 Å². The second-order valence-electron chi connectivity index (χ2n) is 4.83. The van der Waals surface area contributed by atoms with Crippen molar-refractivity contribution in [2.75, 3.05) is 4.90 Å². The lowest BCUT2D eigenvalue weighted by Crippen LogP contribution is -2.43. The molecule has 2 atom stereocenters. The van der Waals surface area contributed by atoms with E-state index in [0.717, 1.165) is 28.0 Å². The summed E-state index contributed by atoms with van der Waals surface area (Å²) in [7, 11) is 0. The molecule has 0 radical (unpaired) electrons. The van der Waals surface area contributed by atoms with Gasteiger partial charge in [-0.15, -0.1) is 0 Å². The van der Waals surface area contributed by atoms with Gasteiger partial charge in [-0.05, 0) is 31.0 Å². The highest BCUT2D eigenvalue weighted by Gasteiger charge is 2.40. The molecular weight excluding hydrogens is 302 g/mol. The molecule has 3 rings (SSSR count). The number of ketones is 1. The van der Waals surface area contributed by atoms with Crippen molar-refractivity contribution in [1.82, 2.24) is 0 Å². The van der Waals surface area contributed by atoms with Crippen molar-refractivity contribution in [3.63, 3.8) is 0 Å². The van der Waals surface area contributed by atoms with Crippen molar-refractivity contribution in [2.45, 2.75) is 37.8 Å². The molecule has 0 spiro atoms. The largest absolute Gasteiger partial charge is 0.363 e. The summed E-state index contributed by atoms with van der Waals surface area (Å²) in [5.41, 5.74) is 1.08. The molecule has 0 N–H and O–H groups in total. The third kappa shape index (κ3) is 2.00. The molecule has 2 saturated heterocycles. The summed E-state index contributed by atoms with van der Waals surface area (Å²) in [5, 5.41) is 0.769. The van der Waals surface area contributed by atoms with Crippen molar-refractivity contribution in [3.05, 3.63) is 27.7 Å². The highest BCUT2D eigenvalue weighted by Crippen LogP contribution is 2.41. The fraction of sp³-hybridized carbons (Fsp3) is 0.462. The predicted octanol–water partition coefficient (Wildman–Crippen LogP) is 3.80. The van der Waals surface area contributed by atoms with E-state index in [-0.39, 0.29) is 0 Å². The van der Waals surface area contributed by atoms with Crippen LogP contribution in [0.3, 0.4) is 0 Å². The first-order valence-electron chi connectivity index (χ1n) is 5.90. The normalized spacial score (nSPS) is 27.6. The van der Waals surface area contributed by atoms with Crippen molar-refractivity contribution >= 4 is 39.0 Å². The van der Waals surface area contributed by atoms with E-state index in [1.807, 2.05) is 18.2 Å². The van der Waals surface area contributed by atoms with Gasteiger partial charge in [0, 0.05) is 29.4 Å². The maximum atomic E-state index is 11.6. The van der Waals surface area contributed by atoms with Crippen LogP contribution in [0, 0.1) is 0 Å². The van der Waals surface area contributed by atoms with E-state index in [4.69, 9.17) is 11.6 Å². The smallest absolute Gasteiger partial charge is 0.137 e. The van der Waals surface area contributed by atoms with Gasteiger partial charge in [0.25, 0.3) is 0 Å². The lowest BCUT2D eigenvalue weighted by Gasteiger charge is -2.36. The minimum absolute atomic E-state index is 0.361. The Morgan fingerprint density at radius 2 is 1.88 bits per heavy atom. The molecule has 2 heterocycles. The molecule has 1 aromatic carbocycles. The highest BCUT2D eigenvalue weighted by molar-refractivity contribution is 9.10. The van der Waals surface area contributed by atoms with Crippen LogP contribution < -0.4 is 4.90 Å². The molecule has 2 fully saturated rings. The summed E-state index contributed by atoms with van der Waals surface area (Å²) < 4.78 is 0.992. The van der Waals surface area contributed by atoms with Crippen LogP contribution >= 0.6 is 27.5 Å². The maximum Gasteiger partial charge on any atom is 0.137 e. The maximum absolute atomic E-state index is 11.6. The standard InChI is InChI=1S/C13H13BrClNO/c14-8-1-4-13(12(15)5-8)16-9-2-3-10(16)7-11(17)6-9/h1,4-5,9-10H,2-3,6-7H2. The van der Waals surface area contributed by atoms with Gasteiger partial charge in [-0.25, -0.2) is 0 Å². The monoisotopic (exact) mass is 313 g/mol. The van der Waals surface area contributed by atoms with Crippen molar-refractivity contribution in [3.8, 4) is 0 Å². The van der Waals surface area contributed by atoms with Gasteiger partial charge < -0.3 is 4.90 Å². The zero-order valence-electron chi connectivity index (χ0n) is 9.33.